The van der Waals surface area contributed by atoms with Crippen molar-refractivity contribution in [2.24, 2.45) is 0 Å². The Morgan fingerprint density at radius 3 is 2.65 bits per heavy atom. The number of nitrogens with zero attached hydrogens (tertiary/aromatic N) is 2. The Morgan fingerprint density at radius 2 is 2.04 bits per heavy atom. The van der Waals surface area contributed by atoms with Crippen LogP contribution in [0.2, 0.25) is 0 Å². The average Bonchev–Trinajstić information content (AvgIpc) is 2.95. The molecule has 0 aliphatic carbocycles. The molecule has 2 aromatic rings. The van der Waals surface area contributed by atoms with Crippen LogP contribution in [0.3, 0.4) is 0 Å². The highest BCUT2D eigenvalue weighted by atomic mass is 16.5. The molecule has 23 heavy (non-hydrogen) atoms. The van der Waals surface area contributed by atoms with Crippen LogP contribution in [0.15, 0.2) is 40.9 Å². The summed E-state index contributed by atoms with van der Waals surface area (Å²) in [5, 5.41) is 17.2. The molecule has 3 rings (SSSR count). The van der Waals surface area contributed by atoms with E-state index in [0.717, 1.165) is 5.56 Å². The first-order valence-electron chi connectivity index (χ1n) is 7.79. The van der Waals surface area contributed by atoms with E-state index in [4.69, 9.17) is 4.52 Å². The third-order valence-electron chi connectivity index (χ3n) is 4.26. The number of likely N-dealkylation sites (tertiary alicyclic amines) is 1. The van der Waals surface area contributed by atoms with Gasteiger partial charge in [-0.05, 0) is 25.3 Å². The molecule has 1 amide bonds. The summed E-state index contributed by atoms with van der Waals surface area (Å²) in [6.07, 6.45) is 1.24. The topological polar surface area (TPSA) is 78.6 Å². The molecule has 1 aromatic carbocycles. The predicted molar refractivity (Wildman–Crippen MR) is 85.9 cm³/mol. The Morgan fingerprint density at radius 1 is 1.35 bits per heavy atom. The Balaban J connectivity index is 1.52. The van der Waals surface area contributed by atoms with Gasteiger partial charge in [0.1, 0.15) is 5.76 Å². The molecule has 6 nitrogen and oxygen atoms in total. The van der Waals surface area contributed by atoms with Crippen molar-refractivity contribution in [3.63, 3.8) is 0 Å². The number of rotatable bonds is 4. The molecule has 1 fully saturated rings. The van der Waals surface area contributed by atoms with Crippen molar-refractivity contribution in [1.29, 1.82) is 0 Å². The second kappa shape index (κ2) is 6.52. The van der Waals surface area contributed by atoms with E-state index in [1.54, 1.807) is 13.0 Å². The minimum atomic E-state index is -0.794. The number of amides is 1. The smallest absolute Gasteiger partial charge is 0.239 e. The van der Waals surface area contributed by atoms with Crippen molar-refractivity contribution in [3.05, 3.63) is 47.7 Å². The normalized spacial score (nSPS) is 17.8. The summed E-state index contributed by atoms with van der Waals surface area (Å²) in [6.45, 7) is 3.42. The van der Waals surface area contributed by atoms with E-state index in [9.17, 15) is 9.90 Å². The highest BCUT2D eigenvalue weighted by Crippen LogP contribution is 2.32. The van der Waals surface area contributed by atoms with E-state index in [0.29, 0.717) is 37.5 Å². The van der Waals surface area contributed by atoms with Crippen LogP contribution in [0.1, 0.15) is 24.2 Å². The number of aryl methyl sites for hydroxylation is 1. The summed E-state index contributed by atoms with van der Waals surface area (Å²) in [4.78, 5) is 14.1. The van der Waals surface area contributed by atoms with Gasteiger partial charge in [-0.15, -0.1) is 0 Å². The molecule has 2 heterocycles. The van der Waals surface area contributed by atoms with Gasteiger partial charge in [-0.3, -0.25) is 9.69 Å². The summed E-state index contributed by atoms with van der Waals surface area (Å²) in [5.41, 5.74) is 0.152. The van der Waals surface area contributed by atoms with Gasteiger partial charge in [0, 0.05) is 19.2 Å². The highest BCUT2D eigenvalue weighted by Gasteiger charge is 2.34. The second-order valence-corrected chi connectivity index (χ2v) is 6.04. The van der Waals surface area contributed by atoms with Crippen molar-refractivity contribution >= 4 is 11.7 Å². The van der Waals surface area contributed by atoms with Gasteiger partial charge in [0.15, 0.2) is 5.82 Å². The molecule has 0 bridgehead atoms. The lowest BCUT2D eigenvalue weighted by molar-refractivity contribution is -0.118. The number of carbonyl (C=O) groups is 1. The SMILES string of the molecule is Cc1cc(NC(=O)CN2CCC(O)(c3ccccc3)CC2)no1. The fraction of sp³-hybridized carbons (Fsp3) is 0.412. The maximum absolute atomic E-state index is 12.0. The number of aliphatic hydroxyl groups is 1. The van der Waals surface area contributed by atoms with Crippen LogP contribution >= 0.6 is 0 Å². The lowest BCUT2D eigenvalue weighted by Gasteiger charge is -2.38. The lowest BCUT2D eigenvalue weighted by atomic mass is 9.84. The van der Waals surface area contributed by atoms with Crippen LogP contribution in [0, 0.1) is 6.92 Å². The Bertz CT molecular complexity index is 661. The summed E-state index contributed by atoms with van der Waals surface area (Å²) in [6, 6.07) is 11.4. The Labute approximate surface area is 135 Å². The minimum absolute atomic E-state index is 0.122. The van der Waals surface area contributed by atoms with Crippen LogP contribution in [-0.4, -0.2) is 40.7 Å². The maximum atomic E-state index is 12.0. The first kappa shape index (κ1) is 15.7. The summed E-state index contributed by atoms with van der Waals surface area (Å²) < 4.78 is 4.92. The van der Waals surface area contributed by atoms with Crippen LogP contribution in [0.4, 0.5) is 5.82 Å². The fourth-order valence-electron chi connectivity index (χ4n) is 2.93. The van der Waals surface area contributed by atoms with Crippen LogP contribution in [-0.2, 0) is 10.4 Å². The van der Waals surface area contributed by atoms with Gasteiger partial charge >= 0.3 is 0 Å². The van der Waals surface area contributed by atoms with Crippen molar-refractivity contribution < 1.29 is 14.4 Å². The van der Waals surface area contributed by atoms with E-state index in [1.807, 2.05) is 35.2 Å². The summed E-state index contributed by atoms with van der Waals surface area (Å²) >= 11 is 0. The monoisotopic (exact) mass is 315 g/mol. The molecule has 1 aliphatic heterocycles. The quantitative estimate of drug-likeness (QED) is 0.901. The number of nitrogens with one attached hydrogen (secondary N) is 1. The summed E-state index contributed by atoms with van der Waals surface area (Å²) in [5.74, 6) is 0.972. The molecule has 0 saturated carbocycles. The molecule has 0 spiro atoms. The van der Waals surface area contributed by atoms with Gasteiger partial charge in [0.25, 0.3) is 0 Å². The summed E-state index contributed by atoms with van der Waals surface area (Å²) in [7, 11) is 0. The van der Waals surface area contributed by atoms with E-state index >= 15 is 0 Å². The van der Waals surface area contributed by atoms with E-state index in [1.165, 1.54) is 0 Å². The number of anilines is 1. The molecule has 2 N–H and O–H groups in total. The Hall–Kier alpha value is -2.18. The standard InChI is InChI=1S/C17H21N3O3/c1-13-11-15(19-23-13)18-16(21)12-20-9-7-17(22,8-10-20)14-5-3-2-4-6-14/h2-6,11,22H,7-10,12H2,1H3,(H,18,19,21). The molecule has 1 aromatic heterocycles. The van der Waals surface area contributed by atoms with E-state index < -0.39 is 5.60 Å². The lowest BCUT2D eigenvalue weighted by Crippen LogP contribution is -2.45. The Kier molecular flexibility index (Phi) is 4.45. The maximum Gasteiger partial charge on any atom is 0.239 e. The number of hydrogen-bond donors (Lipinski definition) is 2. The van der Waals surface area contributed by atoms with Gasteiger partial charge < -0.3 is 14.9 Å². The zero-order valence-corrected chi connectivity index (χ0v) is 13.2. The second-order valence-electron chi connectivity index (χ2n) is 6.04. The zero-order valence-electron chi connectivity index (χ0n) is 13.2. The molecule has 1 saturated heterocycles. The van der Waals surface area contributed by atoms with Gasteiger partial charge in [-0.2, -0.15) is 0 Å². The molecule has 6 heteroatoms. The van der Waals surface area contributed by atoms with Crippen LogP contribution in [0.25, 0.3) is 0 Å². The third kappa shape index (κ3) is 3.78. The van der Waals surface area contributed by atoms with Gasteiger partial charge in [-0.25, -0.2) is 0 Å². The van der Waals surface area contributed by atoms with Crippen LogP contribution < -0.4 is 5.32 Å². The molecule has 1 aliphatic rings. The molecular formula is C17H21N3O3. The number of aromatic nitrogens is 1. The van der Waals surface area contributed by atoms with E-state index in [2.05, 4.69) is 10.5 Å². The van der Waals surface area contributed by atoms with Gasteiger partial charge in [-0.1, -0.05) is 35.5 Å². The number of carbonyl (C=O) groups excluding carboxylic acids is 1. The van der Waals surface area contributed by atoms with Crippen molar-refractivity contribution in [2.45, 2.75) is 25.4 Å². The largest absolute Gasteiger partial charge is 0.385 e. The highest BCUT2D eigenvalue weighted by molar-refractivity contribution is 5.91. The predicted octanol–water partition coefficient (Wildman–Crippen LogP) is 1.91. The molecule has 0 unspecified atom stereocenters. The zero-order chi connectivity index (χ0) is 16.3. The first-order chi connectivity index (χ1) is 11.0. The number of benzene rings is 1. The first-order valence-corrected chi connectivity index (χ1v) is 7.79. The molecule has 0 atom stereocenters. The average molecular weight is 315 g/mol. The molecule has 0 radical (unpaired) electrons. The van der Waals surface area contributed by atoms with Gasteiger partial charge in [0.05, 0.1) is 12.1 Å². The van der Waals surface area contributed by atoms with E-state index in [-0.39, 0.29) is 12.5 Å². The molecule has 122 valence electrons. The van der Waals surface area contributed by atoms with Crippen molar-refractivity contribution in [1.82, 2.24) is 10.1 Å². The van der Waals surface area contributed by atoms with Crippen molar-refractivity contribution in [2.75, 3.05) is 25.0 Å². The fourth-order valence-corrected chi connectivity index (χ4v) is 2.93. The van der Waals surface area contributed by atoms with Crippen LogP contribution in [0.5, 0.6) is 0 Å². The van der Waals surface area contributed by atoms with Gasteiger partial charge in [0.2, 0.25) is 5.91 Å². The number of hydrogen-bond acceptors (Lipinski definition) is 5. The minimum Gasteiger partial charge on any atom is -0.385 e. The van der Waals surface area contributed by atoms with Crippen molar-refractivity contribution in [3.8, 4) is 0 Å². The third-order valence-corrected chi connectivity index (χ3v) is 4.26. The number of piperidine rings is 1. The molecular weight excluding hydrogens is 294 g/mol.